The summed E-state index contributed by atoms with van der Waals surface area (Å²) in [6.45, 7) is 3.97. The van der Waals surface area contributed by atoms with Crippen LogP contribution in [0.3, 0.4) is 0 Å². The number of oxazole rings is 1. The summed E-state index contributed by atoms with van der Waals surface area (Å²) < 4.78 is 5.37. The molecule has 2 aromatic rings. The lowest BCUT2D eigenvalue weighted by Gasteiger charge is -2.17. The molecular formula is C15H19N3O3. The van der Waals surface area contributed by atoms with Crippen molar-refractivity contribution in [2.45, 2.75) is 13.8 Å². The number of amides is 2. The minimum Gasteiger partial charge on any atom is -0.444 e. The summed E-state index contributed by atoms with van der Waals surface area (Å²) in [6.07, 6.45) is 1.59. The first-order valence-corrected chi connectivity index (χ1v) is 6.67. The lowest BCUT2D eigenvalue weighted by atomic mass is 10.1. The predicted octanol–water partition coefficient (Wildman–Crippen LogP) is 2.41. The fraction of sp³-hybridized carbons (Fsp3) is 0.333. The van der Waals surface area contributed by atoms with E-state index in [0.29, 0.717) is 11.6 Å². The molecule has 0 saturated heterocycles. The lowest BCUT2D eigenvalue weighted by Crippen LogP contribution is -2.33. The molecule has 6 heteroatoms. The number of aliphatic hydroxyl groups is 1. The van der Waals surface area contributed by atoms with Crippen molar-refractivity contribution in [2.24, 2.45) is 0 Å². The van der Waals surface area contributed by atoms with Crippen LogP contribution in [-0.4, -0.2) is 41.2 Å². The van der Waals surface area contributed by atoms with Gasteiger partial charge in [-0.15, -0.1) is 0 Å². The highest BCUT2D eigenvalue weighted by Crippen LogP contribution is 2.25. The molecule has 2 rings (SSSR count). The highest BCUT2D eigenvalue weighted by atomic mass is 16.3. The van der Waals surface area contributed by atoms with Gasteiger partial charge in [-0.2, -0.15) is 0 Å². The van der Waals surface area contributed by atoms with Crippen molar-refractivity contribution in [2.75, 3.05) is 25.5 Å². The number of benzene rings is 1. The highest BCUT2D eigenvalue weighted by molar-refractivity contribution is 5.90. The number of carbonyl (C=O) groups excluding carboxylic acids is 1. The van der Waals surface area contributed by atoms with Crippen LogP contribution >= 0.6 is 0 Å². The molecule has 0 aliphatic rings. The number of aliphatic hydroxyl groups excluding tert-OH is 1. The van der Waals surface area contributed by atoms with E-state index in [4.69, 9.17) is 9.52 Å². The zero-order chi connectivity index (χ0) is 15.4. The number of hydrogen-bond acceptors (Lipinski definition) is 4. The number of aryl methyl sites for hydroxylation is 2. The van der Waals surface area contributed by atoms with E-state index >= 15 is 0 Å². The van der Waals surface area contributed by atoms with E-state index in [-0.39, 0.29) is 19.2 Å². The number of nitrogens with one attached hydrogen (secondary N) is 1. The predicted molar refractivity (Wildman–Crippen MR) is 80.1 cm³/mol. The average molecular weight is 289 g/mol. The van der Waals surface area contributed by atoms with E-state index in [1.807, 2.05) is 32.0 Å². The summed E-state index contributed by atoms with van der Waals surface area (Å²) in [5.41, 5.74) is 3.23. The summed E-state index contributed by atoms with van der Waals surface area (Å²) >= 11 is 0. The molecule has 0 aliphatic carbocycles. The molecule has 0 atom stereocenters. The molecule has 0 unspecified atom stereocenters. The Hall–Kier alpha value is -2.34. The molecule has 0 fully saturated rings. The Morgan fingerprint density at radius 2 is 2.19 bits per heavy atom. The van der Waals surface area contributed by atoms with Crippen LogP contribution in [0.25, 0.3) is 11.5 Å². The summed E-state index contributed by atoms with van der Waals surface area (Å²) in [5.74, 6) is 0.520. The van der Waals surface area contributed by atoms with E-state index in [1.54, 1.807) is 13.3 Å². The van der Waals surface area contributed by atoms with Crippen molar-refractivity contribution in [3.05, 3.63) is 35.7 Å². The number of rotatable bonds is 4. The van der Waals surface area contributed by atoms with Gasteiger partial charge in [0, 0.05) is 24.8 Å². The van der Waals surface area contributed by atoms with Crippen molar-refractivity contribution in [3.63, 3.8) is 0 Å². The van der Waals surface area contributed by atoms with E-state index in [2.05, 4.69) is 10.3 Å². The second-order valence-corrected chi connectivity index (χ2v) is 4.90. The number of anilines is 1. The Morgan fingerprint density at radius 1 is 1.43 bits per heavy atom. The molecular weight excluding hydrogens is 270 g/mol. The van der Waals surface area contributed by atoms with Crippen molar-refractivity contribution >= 4 is 11.7 Å². The molecule has 112 valence electrons. The molecule has 0 saturated carbocycles. The van der Waals surface area contributed by atoms with Crippen LogP contribution in [0.4, 0.5) is 10.5 Å². The maximum absolute atomic E-state index is 12.0. The van der Waals surface area contributed by atoms with Crippen molar-refractivity contribution in [3.8, 4) is 11.5 Å². The Bertz CT molecular complexity index is 637. The van der Waals surface area contributed by atoms with Gasteiger partial charge in [-0.05, 0) is 31.5 Å². The van der Waals surface area contributed by atoms with Crippen molar-refractivity contribution in [1.82, 2.24) is 9.88 Å². The molecule has 21 heavy (non-hydrogen) atoms. The summed E-state index contributed by atoms with van der Waals surface area (Å²) in [6, 6.07) is 5.35. The molecule has 0 radical (unpaired) electrons. The molecule has 2 N–H and O–H groups in total. The van der Waals surface area contributed by atoms with Gasteiger partial charge in [0.05, 0.1) is 12.3 Å². The van der Waals surface area contributed by atoms with Crippen LogP contribution in [-0.2, 0) is 0 Å². The van der Waals surface area contributed by atoms with Gasteiger partial charge >= 0.3 is 6.03 Å². The van der Waals surface area contributed by atoms with Crippen LogP contribution in [0.5, 0.6) is 0 Å². The second-order valence-electron chi connectivity index (χ2n) is 4.90. The zero-order valence-corrected chi connectivity index (χ0v) is 12.4. The number of urea groups is 1. The van der Waals surface area contributed by atoms with Crippen LogP contribution in [0.15, 0.2) is 28.9 Å². The normalized spacial score (nSPS) is 10.5. The van der Waals surface area contributed by atoms with Gasteiger partial charge in [0.15, 0.2) is 0 Å². The van der Waals surface area contributed by atoms with Crippen LogP contribution < -0.4 is 5.32 Å². The maximum atomic E-state index is 12.0. The third-order valence-electron chi connectivity index (χ3n) is 3.13. The number of likely N-dealkylation sites (N-methyl/N-ethyl adjacent to an activating group) is 1. The number of hydrogen-bond donors (Lipinski definition) is 2. The van der Waals surface area contributed by atoms with E-state index in [9.17, 15) is 4.79 Å². The number of nitrogens with zero attached hydrogens (tertiary/aromatic N) is 2. The van der Waals surface area contributed by atoms with Gasteiger partial charge in [0.2, 0.25) is 5.89 Å². The molecule has 2 amide bonds. The van der Waals surface area contributed by atoms with Gasteiger partial charge in [-0.3, -0.25) is 0 Å². The van der Waals surface area contributed by atoms with Gasteiger partial charge in [-0.1, -0.05) is 6.07 Å². The SMILES string of the molecule is Cc1coc(-c2ccc(C)c(NC(=O)N(C)CCO)c2)n1. The summed E-state index contributed by atoms with van der Waals surface area (Å²) in [4.78, 5) is 17.7. The first-order chi connectivity index (χ1) is 10.0. The minimum atomic E-state index is -0.270. The minimum absolute atomic E-state index is 0.0709. The molecule has 6 nitrogen and oxygen atoms in total. The Balaban J connectivity index is 2.21. The molecule has 0 aliphatic heterocycles. The first-order valence-electron chi connectivity index (χ1n) is 6.67. The standard InChI is InChI=1S/C15H19N3O3/c1-10-4-5-12(14-16-11(2)9-21-14)8-13(10)17-15(20)18(3)6-7-19/h4-5,8-9,19H,6-7H2,1-3H3,(H,17,20). The fourth-order valence-electron chi connectivity index (χ4n) is 1.84. The maximum Gasteiger partial charge on any atom is 0.321 e. The molecule has 0 bridgehead atoms. The molecule has 1 heterocycles. The van der Waals surface area contributed by atoms with E-state index < -0.39 is 0 Å². The fourth-order valence-corrected chi connectivity index (χ4v) is 1.84. The third kappa shape index (κ3) is 3.61. The molecule has 1 aromatic carbocycles. The largest absolute Gasteiger partial charge is 0.444 e. The second kappa shape index (κ2) is 6.41. The smallest absolute Gasteiger partial charge is 0.321 e. The van der Waals surface area contributed by atoms with E-state index in [1.165, 1.54) is 4.90 Å². The van der Waals surface area contributed by atoms with Gasteiger partial charge in [0.1, 0.15) is 6.26 Å². The molecule has 1 aromatic heterocycles. The van der Waals surface area contributed by atoms with Gasteiger partial charge in [0.25, 0.3) is 0 Å². The number of aromatic nitrogens is 1. The molecule has 0 spiro atoms. The Labute approximate surface area is 123 Å². The third-order valence-corrected chi connectivity index (χ3v) is 3.13. The first kappa shape index (κ1) is 15.1. The summed E-state index contributed by atoms with van der Waals surface area (Å²) in [5, 5.41) is 11.7. The van der Waals surface area contributed by atoms with Crippen molar-refractivity contribution in [1.29, 1.82) is 0 Å². The lowest BCUT2D eigenvalue weighted by molar-refractivity contribution is 0.202. The topological polar surface area (TPSA) is 78.6 Å². The quantitative estimate of drug-likeness (QED) is 0.906. The number of carbonyl (C=O) groups is 1. The Kier molecular flexibility index (Phi) is 4.59. The summed E-state index contributed by atoms with van der Waals surface area (Å²) in [7, 11) is 1.63. The zero-order valence-electron chi connectivity index (χ0n) is 12.4. The van der Waals surface area contributed by atoms with Gasteiger partial charge < -0.3 is 19.7 Å². The van der Waals surface area contributed by atoms with Crippen LogP contribution in [0.1, 0.15) is 11.3 Å². The highest BCUT2D eigenvalue weighted by Gasteiger charge is 2.12. The average Bonchev–Trinajstić information content (AvgIpc) is 2.88. The van der Waals surface area contributed by atoms with Crippen LogP contribution in [0, 0.1) is 13.8 Å². The van der Waals surface area contributed by atoms with Crippen molar-refractivity contribution < 1.29 is 14.3 Å². The van der Waals surface area contributed by atoms with Crippen LogP contribution in [0.2, 0.25) is 0 Å². The van der Waals surface area contributed by atoms with Gasteiger partial charge in [-0.25, -0.2) is 9.78 Å². The van der Waals surface area contributed by atoms with E-state index in [0.717, 1.165) is 16.8 Å². The Morgan fingerprint density at radius 3 is 2.81 bits per heavy atom. The monoisotopic (exact) mass is 289 g/mol.